The summed E-state index contributed by atoms with van der Waals surface area (Å²) in [7, 11) is 0. The normalized spacial score (nSPS) is 13.8. The molecule has 0 aliphatic rings. The van der Waals surface area contributed by atoms with Crippen LogP contribution in [0.3, 0.4) is 0 Å². The molecule has 0 saturated heterocycles. The number of rotatable bonds is 17. The second kappa shape index (κ2) is 16.9. The van der Waals surface area contributed by atoms with E-state index in [0.717, 1.165) is 5.56 Å². The minimum absolute atomic E-state index is 0.0421. The van der Waals surface area contributed by atoms with Gasteiger partial charge in [-0.2, -0.15) is 11.8 Å². The maximum absolute atomic E-state index is 13.3. The van der Waals surface area contributed by atoms with Crippen LogP contribution < -0.4 is 21.7 Å². The smallest absolute Gasteiger partial charge is 0.326 e. The van der Waals surface area contributed by atoms with Gasteiger partial charge in [-0.1, -0.05) is 60.7 Å². The second-order valence-corrected chi connectivity index (χ2v) is 10.2. The molecule has 2 aromatic carbocycles. The van der Waals surface area contributed by atoms with Gasteiger partial charge in [-0.3, -0.25) is 19.2 Å². The number of nitrogens with one attached hydrogen (secondary N) is 3. The number of hydrogen-bond acceptors (Lipinski definition) is 7. The Morgan fingerprint density at radius 1 is 0.725 bits per heavy atom. The number of nitrogens with two attached hydrogens (primary N) is 1. The fourth-order valence-corrected chi connectivity index (χ4v) is 4.34. The quantitative estimate of drug-likeness (QED) is 0.160. The lowest BCUT2D eigenvalue weighted by Crippen LogP contribution is -2.57. The van der Waals surface area contributed by atoms with Crippen LogP contribution >= 0.6 is 11.8 Å². The van der Waals surface area contributed by atoms with Crippen LogP contribution in [-0.4, -0.2) is 76.0 Å². The molecule has 0 spiro atoms. The Labute approximate surface area is 237 Å². The van der Waals surface area contributed by atoms with Gasteiger partial charge in [0.2, 0.25) is 17.7 Å². The third-order valence-electron chi connectivity index (χ3n) is 6.06. The first-order valence-corrected chi connectivity index (χ1v) is 14.2. The molecule has 11 nitrogen and oxygen atoms in total. The van der Waals surface area contributed by atoms with Crippen molar-refractivity contribution >= 4 is 41.4 Å². The zero-order chi connectivity index (χ0) is 29.5. The van der Waals surface area contributed by atoms with Crippen LogP contribution in [0.1, 0.15) is 30.4 Å². The number of carbonyl (C=O) groups excluding carboxylic acids is 3. The molecule has 216 valence electrons. The molecule has 12 heteroatoms. The molecule has 0 saturated carbocycles. The maximum atomic E-state index is 13.3. The molecule has 4 unspecified atom stereocenters. The molecule has 0 aromatic heterocycles. The van der Waals surface area contributed by atoms with E-state index < -0.39 is 60.2 Å². The van der Waals surface area contributed by atoms with Crippen LogP contribution in [-0.2, 0) is 36.8 Å². The summed E-state index contributed by atoms with van der Waals surface area (Å²) in [6.45, 7) is 0. The van der Waals surface area contributed by atoms with E-state index in [0.29, 0.717) is 11.3 Å². The van der Waals surface area contributed by atoms with Gasteiger partial charge in [-0.05, 0) is 42.4 Å². The van der Waals surface area contributed by atoms with E-state index in [9.17, 15) is 34.2 Å². The standard InChI is InChI=1S/C28H36N4O7S/c1-40-15-14-22(28(38)39)31-27(37)23(17-19-10-6-3-7-11-19)32-26(36)21(12-13-24(33)34)30-25(35)20(29)16-18-8-4-2-5-9-18/h2-11,20-23H,12-17,29H2,1H3,(H,30,35)(H,31,37)(H,32,36)(H,33,34)(H,38,39). The van der Waals surface area contributed by atoms with Crippen molar-refractivity contribution < 1.29 is 34.2 Å². The SMILES string of the molecule is CSCCC(NC(=O)C(Cc1ccccc1)NC(=O)C(CCC(=O)O)NC(=O)C(N)Cc1ccccc1)C(=O)O. The molecule has 40 heavy (non-hydrogen) atoms. The van der Waals surface area contributed by atoms with Gasteiger partial charge in [-0.25, -0.2) is 4.79 Å². The Morgan fingerprint density at radius 3 is 1.75 bits per heavy atom. The van der Waals surface area contributed by atoms with Gasteiger partial charge < -0.3 is 31.9 Å². The molecule has 7 N–H and O–H groups in total. The highest BCUT2D eigenvalue weighted by Crippen LogP contribution is 2.09. The van der Waals surface area contributed by atoms with Crippen LogP contribution in [0.15, 0.2) is 60.7 Å². The van der Waals surface area contributed by atoms with Crippen LogP contribution in [0.25, 0.3) is 0 Å². The lowest BCUT2D eigenvalue weighted by Gasteiger charge is -2.25. The Bertz CT molecular complexity index is 1130. The molecule has 3 amide bonds. The van der Waals surface area contributed by atoms with Crippen LogP contribution in [0, 0.1) is 0 Å². The number of carboxylic acids is 2. The summed E-state index contributed by atoms with van der Waals surface area (Å²) in [5, 5.41) is 26.3. The van der Waals surface area contributed by atoms with E-state index in [2.05, 4.69) is 16.0 Å². The number of amides is 3. The molecule has 0 fully saturated rings. The number of benzene rings is 2. The predicted molar refractivity (Wildman–Crippen MR) is 152 cm³/mol. The topological polar surface area (TPSA) is 188 Å². The minimum Gasteiger partial charge on any atom is -0.481 e. The third-order valence-corrected chi connectivity index (χ3v) is 6.70. The van der Waals surface area contributed by atoms with E-state index in [-0.39, 0.29) is 25.7 Å². The number of carboxylic acid groups (broad SMARTS) is 2. The molecule has 0 heterocycles. The minimum atomic E-state index is -1.29. The summed E-state index contributed by atoms with van der Waals surface area (Å²) < 4.78 is 0. The predicted octanol–water partition coefficient (Wildman–Crippen LogP) is 0.956. The van der Waals surface area contributed by atoms with Gasteiger partial charge in [0.15, 0.2) is 0 Å². The summed E-state index contributed by atoms with van der Waals surface area (Å²) in [5.74, 6) is -4.02. The molecular weight excluding hydrogens is 536 g/mol. The summed E-state index contributed by atoms with van der Waals surface area (Å²) in [6.07, 6.45) is 1.58. The Kier molecular flexibility index (Phi) is 13.7. The first-order valence-electron chi connectivity index (χ1n) is 12.8. The average molecular weight is 573 g/mol. The Morgan fingerprint density at radius 2 is 1.23 bits per heavy atom. The first kappa shape index (κ1) is 32.3. The number of carbonyl (C=O) groups is 5. The lowest BCUT2D eigenvalue weighted by atomic mass is 10.0. The van der Waals surface area contributed by atoms with Crippen LogP contribution in [0.5, 0.6) is 0 Å². The molecule has 0 bridgehead atoms. The van der Waals surface area contributed by atoms with E-state index in [1.54, 1.807) is 54.6 Å². The van der Waals surface area contributed by atoms with Crippen molar-refractivity contribution in [3.05, 3.63) is 71.8 Å². The summed E-state index contributed by atoms with van der Waals surface area (Å²) >= 11 is 1.43. The van der Waals surface area contributed by atoms with Gasteiger partial charge in [-0.15, -0.1) is 0 Å². The monoisotopic (exact) mass is 572 g/mol. The largest absolute Gasteiger partial charge is 0.481 e. The van der Waals surface area contributed by atoms with E-state index in [1.807, 2.05) is 12.3 Å². The van der Waals surface area contributed by atoms with Crippen molar-refractivity contribution in [2.75, 3.05) is 12.0 Å². The van der Waals surface area contributed by atoms with Crippen molar-refractivity contribution in [3.8, 4) is 0 Å². The third kappa shape index (κ3) is 11.5. The second-order valence-electron chi connectivity index (χ2n) is 9.22. The molecular formula is C28H36N4O7S. The number of aliphatic carboxylic acids is 2. The summed E-state index contributed by atoms with van der Waals surface area (Å²) in [4.78, 5) is 62.3. The molecule has 0 radical (unpaired) electrons. The van der Waals surface area contributed by atoms with Crippen molar-refractivity contribution in [2.45, 2.75) is 56.3 Å². The fourth-order valence-electron chi connectivity index (χ4n) is 3.87. The van der Waals surface area contributed by atoms with Gasteiger partial charge >= 0.3 is 11.9 Å². The zero-order valence-electron chi connectivity index (χ0n) is 22.2. The fraction of sp³-hybridized carbons (Fsp3) is 0.393. The number of thioether (sulfide) groups is 1. The van der Waals surface area contributed by atoms with Crippen LogP contribution in [0.4, 0.5) is 0 Å². The van der Waals surface area contributed by atoms with E-state index >= 15 is 0 Å². The van der Waals surface area contributed by atoms with E-state index in [1.165, 1.54) is 11.8 Å². The average Bonchev–Trinajstić information content (AvgIpc) is 2.93. The maximum Gasteiger partial charge on any atom is 0.326 e. The molecule has 2 rings (SSSR count). The summed E-state index contributed by atoms with van der Waals surface area (Å²) in [6, 6.07) is 13.2. The first-order chi connectivity index (χ1) is 19.1. The summed E-state index contributed by atoms with van der Waals surface area (Å²) in [5.41, 5.74) is 7.56. The number of hydrogen-bond donors (Lipinski definition) is 6. The molecule has 4 atom stereocenters. The molecule has 0 aliphatic carbocycles. The Hall–Kier alpha value is -3.90. The van der Waals surface area contributed by atoms with Gasteiger partial charge in [0.25, 0.3) is 0 Å². The molecule has 2 aromatic rings. The highest BCUT2D eigenvalue weighted by Gasteiger charge is 2.30. The van der Waals surface area contributed by atoms with E-state index in [4.69, 9.17) is 5.73 Å². The highest BCUT2D eigenvalue weighted by atomic mass is 32.2. The van der Waals surface area contributed by atoms with Gasteiger partial charge in [0, 0.05) is 12.8 Å². The lowest BCUT2D eigenvalue weighted by molar-refractivity contribution is -0.142. The van der Waals surface area contributed by atoms with Gasteiger partial charge in [0.1, 0.15) is 18.1 Å². The van der Waals surface area contributed by atoms with Crippen LogP contribution in [0.2, 0.25) is 0 Å². The van der Waals surface area contributed by atoms with Gasteiger partial charge in [0.05, 0.1) is 6.04 Å². The zero-order valence-corrected chi connectivity index (χ0v) is 23.1. The van der Waals surface area contributed by atoms with Crippen molar-refractivity contribution in [3.63, 3.8) is 0 Å². The highest BCUT2D eigenvalue weighted by molar-refractivity contribution is 7.98. The van der Waals surface area contributed by atoms with Crippen molar-refractivity contribution in [1.82, 2.24) is 16.0 Å². The van der Waals surface area contributed by atoms with Crippen molar-refractivity contribution in [1.29, 1.82) is 0 Å². The van der Waals surface area contributed by atoms with Crippen molar-refractivity contribution in [2.24, 2.45) is 5.73 Å². The Balaban J connectivity index is 2.20. The molecule has 0 aliphatic heterocycles.